The van der Waals surface area contributed by atoms with Crippen molar-refractivity contribution in [1.82, 2.24) is 5.32 Å². The fraction of sp³-hybridized carbons (Fsp3) is 0.267. The fourth-order valence-electron chi connectivity index (χ4n) is 1.69. The van der Waals surface area contributed by atoms with Gasteiger partial charge >= 0.3 is 6.03 Å². The van der Waals surface area contributed by atoms with E-state index in [-0.39, 0.29) is 6.03 Å². The zero-order valence-corrected chi connectivity index (χ0v) is 13.0. The first-order valence-corrected chi connectivity index (χ1v) is 8.18. The molecular weight excluding hydrogens is 308 g/mol. The number of hydrogen-bond acceptors (Lipinski definition) is 3. The van der Waals surface area contributed by atoms with Crippen LogP contribution in [0.4, 0.5) is 10.5 Å². The Hall–Kier alpha value is -1.59. The average Bonchev–Trinajstić information content (AvgIpc) is 2.96. The van der Waals surface area contributed by atoms with Crippen LogP contribution in [0.2, 0.25) is 5.02 Å². The number of benzene rings is 1. The molecule has 0 aliphatic rings. The summed E-state index contributed by atoms with van der Waals surface area (Å²) < 4.78 is 5.24. The van der Waals surface area contributed by atoms with Crippen molar-refractivity contribution >= 4 is 35.1 Å². The van der Waals surface area contributed by atoms with E-state index >= 15 is 0 Å². The minimum Gasteiger partial charge on any atom is -0.468 e. The van der Waals surface area contributed by atoms with Crippen molar-refractivity contribution in [3.05, 3.63) is 53.4 Å². The van der Waals surface area contributed by atoms with Crippen LogP contribution in [0.1, 0.15) is 12.2 Å². The molecule has 0 aliphatic carbocycles. The lowest BCUT2D eigenvalue weighted by molar-refractivity contribution is 0.252. The summed E-state index contributed by atoms with van der Waals surface area (Å²) in [6.45, 7) is 0.636. The predicted octanol–water partition coefficient (Wildman–Crippen LogP) is 4.38. The summed E-state index contributed by atoms with van der Waals surface area (Å²) in [5.41, 5.74) is 0.687. The van der Waals surface area contributed by atoms with Gasteiger partial charge in [0, 0.05) is 17.3 Å². The summed E-state index contributed by atoms with van der Waals surface area (Å²) >= 11 is 7.64. The van der Waals surface area contributed by atoms with Gasteiger partial charge in [-0.05, 0) is 42.5 Å². The molecule has 1 heterocycles. The Bertz CT molecular complexity index is 561. The Morgan fingerprint density at radius 3 is 2.95 bits per heavy atom. The second kappa shape index (κ2) is 8.64. The number of rotatable bonds is 7. The van der Waals surface area contributed by atoms with E-state index in [9.17, 15) is 4.79 Å². The number of furan rings is 1. The van der Waals surface area contributed by atoms with E-state index in [1.54, 1.807) is 42.3 Å². The molecule has 1 aromatic heterocycles. The van der Waals surface area contributed by atoms with E-state index in [1.165, 1.54) is 0 Å². The van der Waals surface area contributed by atoms with Gasteiger partial charge in [0.15, 0.2) is 0 Å². The van der Waals surface area contributed by atoms with Gasteiger partial charge in [-0.2, -0.15) is 11.8 Å². The Kier molecular flexibility index (Phi) is 6.50. The molecule has 2 N–H and O–H groups in total. The monoisotopic (exact) mass is 324 g/mol. The molecule has 0 atom stereocenters. The highest BCUT2D eigenvalue weighted by Gasteiger charge is 2.01. The zero-order valence-electron chi connectivity index (χ0n) is 11.5. The minimum atomic E-state index is -0.215. The van der Waals surface area contributed by atoms with Crippen molar-refractivity contribution in [3.63, 3.8) is 0 Å². The molecule has 4 nitrogen and oxygen atoms in total. The van der Waals surface area contributed by atoms with Crippen molar-refractivity contribution < 1.29 is 9.21 Å². The molecule has 2 amide bonds. The quantitative estimate of drug-likeness (QED) is 0.743. The lowest BCUT2D eigenvalue weighted by Gasteiger charge is -2.07. The lowest BCUT2D eigenvalue weighted by Crippen LogP contribution is -2.29. The number of hydrogen-bond donors (Lipinski definition) is 2. The Morgan fingerprint density at radius 2 is 2.19 bits per heavy atom. The minimum absolute atomic E-state index is 0.215. The van der Waals surface area contributed by atoms with Gasteiger partial charge in [-0.3, -0.25) is 0 Å². The highest BCUT2D eigenvalue weighted by atomic mass is 35.5. The molecule has 0 radical (unpaired) electrons. The maximum atomic E-state index is 11.7. The van der Waals surface area contributed by atoms with Gasteiger partial charge in [-0.1, -0.05) is 17.7 Å². The summed E-state index contributed by atoms with van der Waals surface area (Å²) in [5, 5.41) is 6.15. The van der Waals surface area contributed by atoms with Crippen molar-refractivity contribution in [2.45, 2.75) is 12.2 Å². The third-order valence-electron chi connectivity index (χ3n) is 2.66. The number of carbonyl (C=O) groups excluding carboxylic acids is 1. The number of urea groups is 1. The number of amides is 2. The Morgan fingerprint density at radius 1 is 1.29 bits per heavy atom. The number of anilines is 1. The van der Waals surface area contributed by atoms with Crippen molar-refractivity contribution in [2.75, 3.05) is 17.6 Å². The van der Waals surface area contributed by atoms with E-state index in [2.05, 4.69) is 10.6 Å². The first-order chi connectivity index (χ1) is 10.2. The molecule has 0 saturated heterocycles. The first kappa shape index (κ1) is 15.8. The molecule has 0 spiro atoms. The molecule has 2 rings (SSSR count). The fourth-order valence-corrected chi connectivity index (χ4v) is 2.73. The SMILES string of the molecule is O=C(NCCCSCc1ccco1)Nc1cccc(Cl)c1. The van der Waals surface area contributed by atoms with Crippen molar-refractivity contribution in [1.29, 1.82) is 0 Å². The largest absolute Gasteiger partial charge is 0.468 e. The van der Waals surface area contributed by atoms with E-state index in [0.717, 1.165) is 23.7 Å². The maximum Gasteiger partial charge on any atom is 0.319 e. The van der Waals surface area contributed by atoms with Crippen LogP contribution in [0.15, 0.2) is 47.1 Å². The number of carbonyl (C=O) groups is 1. The Balaban J connectivity index is 1.55. The third-order valence-corrected chi connectivity index (χ3v) is 3.96. The molecule has 21 heavy (non-hydrogen) atoms. The molecule has 0 unspecified atom stereocenters. The van der Waals surface area contributed by atoms with Crippen LogP contribution in [0.3, 0.4) is 0 Å². The van der Waals surface area contributed by atoms with E-state index in [1.807, 2.05) is 12.1 Å². The van der Waals surface area contributed by atoms with Gasteiger partial charge in [0.25, 0.3) is 0 Å². The molecule has 0 fully saturated rings. The van der Waals surface area contributed by atoms with Gasteiger partial charge in [-0.15, -0.1) is 0 Å². The van der Waals surface area contributed by atoms with Gasteiger partial charge < -0.3 is 15.1 Å². The second-order valence-electron chi connectivity index (χ2n) is 4.38. The van der Waals surface area contributed by atoms with Crippen LogP contribution in [0.25, 0.3) is 0 Å². The van der Waals surface area contributed by atoms with Crippen molar-refractivity contribution in [3.8, 4) is 0 Å². The molecular formula is C15H17ClN2O2S. The first-order valence-electron chi connectivity index (χ1n) is 6.64. The van der Waals surface area contributed by atoms with Gasteiger partial charge in [0.1, 0.15) is 5.76 Å². The van der Waals surface area contributed by atoms with Crippen LogP contribution in [0.5, 0.6) is 0 Å². The third kappa shape index (κ3) is 6.14. The topological polar surface area (TPSA) is 54.3 Å². The van der Waals surface area contributed by atoms with Gasteiger partial charge in [0.2, 0.25) is 0 Å². The molecule has 2 aromatic rings. The number of thioether (sulfide) groups is 1. The zero-order chi connectivity index (χ0) is 14.9. The van der Waals surface area contributed by atoms with Gasteiger partial charge in [-0.25, -0.2) is 4.79 Å². The summed E-state index contributed by atoms with van der Waals surface area (Å²) in [7, 11) is 0. The second-order valence-corrected chi connectivity index (χ2v) is 5.92. The summed E-state index contributed by atoms with van der Waals surface area (Å²) in [5.74, 6) is 2.81. The molecule has 112 valence electrons. The molecule has 0 saturated carbocycles. The van der Waals surface area contributed by atoms with Crippen LogP contribution in [-0.4, -0.2) is 18.3 Å². The highest BCUT2D eigenvalue weighted by Crippen LogP contribution is 2.15. The van der Waals surface area contributed by atoms with Crippen LogP contribution in [0, 0.1) is 0 Å². The number of nitrogens with one attached hydrogen (secondary N) is 2. The smallest absolute Gasteiger partial charge is 0.319 e. The normalized spacial score (nSPS) is 10.3. The lowest BCUT2D eigenvalue weighted by atomic mass is 10.3. The van der Waals surface area contributed by atoms with Crippen LogP contribution in [-0.2, 0) is 5.75 Å². The molecule has 6 heteroatoms. The molecule has 0 bridgehead atoms. The summed E-state index contributed by atoms with van der Waals surface area (Å²) in [6, 6.07) is 10.7. The molecule has 1 aromatic carbocycles. The van der Waals surface area contributed by atoms with E-state index in [4.69, 9.17) is 16.0 Å². The summed E-state index contributed by atoms with van der Waals surface area (Å²) in [4.78, 5) is 11.7. The maximum absolute atomic E-state index is 11.7. The van der Waals surface area contributed by atoms with Crippen LogP contribution >= 0.6 is 23.4 Å². The predicted molar refractivity (Wildman–Crippen MR) is 88.0 cm³/mol. The van der Waals surface area contributed by atoms with Crippen LogP contribution < -0.4 is 10.6 Å². The molecule has 0 aliphatic heterocycles. The highest BCUT2D eigenvalue weighted by molar-refractivity contribution is 7.98. The Labute approximate surface area is 133 Å². The van der Waals surface area contributed by atoms with Crippen molar-refractivity contribution in [2.24, 2.45) is 0 Å². The standard InChI is InChI=1S/C15H17ClN2O2S/c16-12-4-1-5-13(10-12)18-15(19)17-7-3-9-21-11-14-6-2-8-20-14/h1-2,4-6,8,10H,3,7,9,11H2,(H2,17,18,19). The average molecular weight is 325 g/mol. The van der Waals surface area contributed by atoms with E-state index in [0.29, 0.717) is 17.3 Å². The summed E-state index contributed by atoms with van der Waals surface area (Å²) in [6.07, 6.45) is 2.59. The van der Waals surface area contributed by atoms with E-state index < -0.39 is 0 Å². The number of halogens is 1. The van der Waals surface area contributed by atoms with Gasteiger partial charge in [0.05, 0.1) is 12.0 Å².